The summed E-state index contributed by atoms with van der Waals surface area (Å²) < 4.78 is 5.82. The van der Waals surface area contributed by atoms with Gasteiger partial charge in [-0.05, 0) is 48.4 Å². The van der Waals surface area contributed by atoms with Gasteiger partial charge in [-0.15, -0.1) is 11.8 Å². The minimum Gasteiger partial charge on any atom is -0.389 e. The molecular formula is C27H33N3O4S. The lowest BCUT2D eigenvalue weighted by atomic mass is 9.89. The Bertz CT molecular complexity index is 1090. The monoisotopic (exact) mass is 495 g/mol. The average molecular weight is 496 g/mol. The summed E-state index contributed by atoms with van der Waals surface area (Å²) in [6.07, 6.45) is 4.64. The van der Waals surface area contributed by atoms with Crippen LogP contribution < -0.4 is 10.6 Å². The van der Waals surface area contributed by atoms with Crippen molar-refractivity contribution in [2.24, 2.45) is 0 Å². The molecule has 35 heavy (non-hydrogen) atoms. The first-order valence-corrected chi connectivity index (χ1v) is 13.6. The molecule has 2 amide bonds. The van der Waals surface area contributed by atoms with Crippen LogP contribution in [0.15, 0.2) is 47.4 Å². The molecule has 0 spiro atoms. The zero-order chi connectivity index (χ0) is 24.4. The molecule has 3 aliphatic heterocycles. The topological polar surface area (TPSA) is 90.9 Å². The summed E-state index contributed by atoms with van der Waals surface area (Å²) in [5, 5.41) is 16.4. The van der Waals surface area contributed by atoms with Crippen LogP contribution >= 0.6 is 11.8 Å². The van der Waals surface area contributed by atoms with Gasteiger partial charge in [-0.2, -0.15) is 0 Å². The molecule has 0 saturated carbocycles. The van der Waals surface area contributed by atoms with E-state index in [1.54, 1.807) is 11.8 Å². The molecule has 2 aromatic carbocycles. The van der Waals surface area contributed by atoms with Gasteiger partial charge in [0.05, 0.1) is 30.9 Å². The second-order valence-corrected chi connectivity index (χ2v) is 10.4. The fourth-order valence-electron chi connectivity index (χ4n) is 5.46. The number of anilines is 1. The Balaban J connectivity index is 1.14. The molecule has 7 nitrogen and oxygen atoms in total. The average Bonchev–Trinajstić information content (AvgIpc) is 3.38. The van der Waals surface area contributed by atoms with E-state index in [2.05, 4.69) is 35.1 Å². The van der Waals surface area contributed by atoms with E-state index in [1.165, 1.54) is 10.5 Å². The van der Waals surface area contributed by atoms with E-state index in [4.69, 9.17) is 4.74 Å². The summed E-state index contributed by atoms with van der Waals surface area (Å²) in [6, 6.07) is 14.4. The van der Waals surface area contributed by atoms with Crippen LogP contribution in [0.1, 0.15) is 60.9 Å². The maximum Gasteiger partial charge on any atom is 0.223 e. The summed E-state index contributed by atoms with van der Waals surface area (Å²) in [5.74, 6) is -0.0730. The van der Waals surface area contributed by atoms with E-state index in [9.17, 15) is 14.7 Å². The number of benzene rings is 2. The molecule has 3 heterocycles. The second-order valence-electron chi connectivity index (χ2n) is 9.56. The van der Waals surface area contributed by atoms with Crippen LogP contribution in [0.5, 0.6) is 0 Å². The lowest BCUT2D eigenvalue weighted by Gasteiger charge is -2.40. The number of carbonyl (C=O) groups is 2. The van der Waals surface area contributed by atoms with E-state index in [1.807, 2.05) is 29.2 Å². The molecule has 2 aromatic rings. The van der Waals surface area contributed by atoms with E-state index in [-0.39, 0.29) is 42.8 Å². The Labute approximate surface area is 210 Å². The van der Waals surface area contributed by atoms with Gasteiger partial charge >= 0.3 is 0 Å². The van der Waals surface area contributed by atoms with Gasteiger partial charge in [0.1, 0.15) is 0 Å². The Morgan fingerprint density at radius 3 is 2.91 bits per heavy atom. The number of aliphatic hydroxyl groups is 1. The molecule has 3 N–H and O–H groups in total. The zero-order valence-electron chi connectivity index (χ0n) is 20.0. The van der Waals surface area contributed by atoms with Gasteiger partial charge in [-0.25, -0.2) is 0 Å². The smallest absolute Gasteiger partial charge is 0.223 e. The summed E-state index contributed by atoms with van der Waals surface area (Å²) in [7, 11) is 0. The van der Waals surface area contributed by atoms with E-state index >= 15 is 0 Å². The summed E-state index contributed by atoms with van der Waals surface area (Å²) in [4.78, 5) is 28.7. The second kappa shape index (κ2) is 10.6. The van der Waals surface area contributed by atoms with Crippen molar-refractivity contribution < 1.29 is 19.4 Å². The fourth-order valence-corrected chi connectivity index (χ4v) is 6.12. The number of nitrogens with one attached hydrogen (secondary N) is 2. The highest BCUT2D eigenvalue weighted by Crippen LogP contribution is 2.40. The predicted octanol–water partition coefficient (Wildman–Crippen LogP) is 3.79. The fraction of sp³-hybridized carbons (Fsp3) is 0.481. The standard InChI is InChI=1S/C27H33N3O4S/c1-35-25-7-3-2-5-18(25)22-6-4-12-30(22)27(33)11-10-26(32)28-15-17-8-9-20-19(13-17)24-14-21(29-20)23(31)16-34-24/h2-3,5,7-9,13,21-24,29,31H,4,6,10-12,14-16H2,1H3,(H,28,32)/t21-,22-,23-,24+/m1/s1. The normalized spacial score (nSPS) is 25.0. The largest absolute Gasteiger partial charge is 0.389 e. The molecule has 5 rings (SSSR count). The van der Waals surface area contributed by atoms with Crippen LogP contribution in [0, 0.1) is 0 Å². The van der Waals surface area contributed by atoms with Crippen molar-refractivity contribution in [3.63, 3.8) is 0 Å². The van der Waals surface area contributed by atoms with Crippen molar-refractivity contribution in [2.75, 3.05) is 24.7 Å². The Morgan fingerprint density at radius 2 is 2.06 bits per heavy atom. The third kappa shape index (κ3) is 5.20. The number of ether oxygens (including phenoxy) is 1. The maximum atomic E-state index is 13.0. The Kier molecular flexibility index (Phi) is 7.32. The number of aliphatic hydroxyl groups excluding tert-OH is 1. The van der Waals surface area contributed by atoms with E-state index in [0.29, 0.717) is 13.2 Å². The van der Waals surface area contributed by atoms with E-state index < -0.39 is 6.10 Å². The number of amides is 2. The van der Waals surface area contributed by atoms with Crippen LogP contribution in [0.4, 0.5) is 5.69 Å². The summed E-state index contributed by atoms with van der Waals surface area (Å²) in [5.41, 5.74) is 4.25. The van der Waals surface area contributed by atoms with Crippen molar-refractivity contribution in [1.29, 1.82) is 0 Å². The molecular weight excluding hydrogens is 462 g/mol. The number of rotatable bonds is 7. The highest BCUT2D eigenvalue weighted by atomic mass is 32.2. The molecule has 0 aliphatic carbocycles. The number of carbonyl (C=O) groups excluding carboxylic acids is 2. The van der Waals surface area contributed by atoms with E-state index in [0.717, 1.165) is 42.6 Å². The first-order valence-electron chi connectivity index (χ1n) is 12.4. The highest BCUT2D eigenvalue weighted by Gasteiger charge is 2.36. The minimum absolute atomic E-state index is 0.0220. The van der Waals surface area contributed by atoms with Crippen LogP contribution in [0.25, 0.3) is 0 Å². The van der Waals surface area contributed by atoms with Gasteiger partial charge in [0.2, 0.25) is 11.8 Å². The molecule has 0 unspecified atom stereocenters. The lowest BCUT2D eigenvalue weighted by molar-refractivity contribution is -0.134. The maximum absolute atomic E-state index is 13.0. The zero-order valence-corrected chi connectivity index (χ0v) is 20.9. The van der Waals surface area contributed by atoms with Crippen LogP contribution in [-0.2, 0) is 20.9 Å². The summed E-state index contributed by atoms with van der Waals surface area (Å²) >= 11 is 1.71. The van der Waals surface area contributed by atoms with Gasteiger partial charge in [-0.1, -0.05) is 24.3 Å². The Morgan fingerprint density at radius 1 is 1.20 bits per heavy atom. The van der Waals surface area contributed by atoms with Crippen molar-refractivity contribution in [3.05, 3.63) is 59.2 Å². The van der Waals surface area contributed by atoms with Crippen LogP contribution in [0.2, 0.25) is 0 Å². The number of nitrogens with zero attached hydrogens (tertiary/aromatic N) is 1. The number of likely N-dealkylation sites (tertiary alicyclic amines) is 1. The van der Waals surface area contributed by atoms with Gasteiger partial charge < -0.3 is 25.4 Å². The quantitative estimate of drug-likeness (QED) is 0.507. The molecule has 0 aromatic heterocycles. The highest BCUT2D eigenvalue weighted by molar-refractivity contribution is 7.98. The van der Waals surface area contributed by atoms with Gasteiger partial charge in [-0.3, -0.25) is 9.59 Å². The molecule has 2 fully saturated rings. The van der Waals surface area contributed by atoms with Crippen molar-refractivity contribution in [1.82, 2.24) is 10.2 Å². The number of thioether (sulfide) groups is 1. The predicted molar refractivity (Wildman–Crippen MR) is 136 cm³/mol. The molecule has 3 aliphatic rings. The summed E-state index contributed by atoms with van der Waals surface area (Å²) in [6.45, 7) is 1.49. The number of fused-ring (bicyclic) bond motifs is 4. The van der Waals surface area contributed by atoms with Gasteiger partial charge in [0.15, 0.2) is 0 Å². The minimum atomic E-state index is -0.489. The van der Waals surface area contributed by atoms with Crippen molar-refractivity contribution >= 4 is 29.3 Å². The van der Waals surface area contributed by atoms with Crippen molar-refractivity contribution in [3.8, 4) is 0 Å². The number of hydrogen-bond acceptors (Lipinski definition) is 6. The van der Waals surface area contributed by atoms with Crippen LogP contribution in [0.3, 0.4) is 0 Å². The van der Waals surface area contributed by atoms with Gasteiger partial charge in [0.25, 0.3) is 0 Å². The first kappa shape index (κ1) is 24.2. The first-order chi connectivity index (χ1) is 17.0. The Hall–Kier alpha value is -2.55. The third-order valence-electron chi connectivity index (χ3n) is 7.33. The van der Waals surface area contributed by atoms with Gasteiger partial charge in [0, 0.05) is 48.5 Å². The molecule has 0 radical (unpaired) electrons. The molecule has 8 heteroatoms. The van der Waals surface area contributed by atoms with Crippen molar-refractivity contribution in [2.45, 2.75) is 67.8 Å². The molecule has 2 saturated heterocycles. The molecule has 186 valence electrons. The third-order valence-corrected chi connectivity index (χ3v) is 8.14. The number of hydrogen-bond donors (Lipinski definition) is 3. The SMILES string of the molecule is CSc1ccccc1[C@H]1CCCN1C(=O)CCC(=O)NCc1ccc2c(c1)[C@@H]1C[C@@H](N2)[C@H](O)CO1. The molecule has 2 bridgehead atoms. The molecule has 4 atom stereocenters. The van der Waals surface area contributed by atoms with Crippen LogP contribution in [-0.4, -0.2) is 53.4 Å². The lowest BCUT2D eigenvalue weighted by Crippen LogP contribution is -2.46.